The first-order valence-electron chi connectivity index (χ1n) is 6.97. The second-order valence-electron chi connectivity index (χ2n) is 5.48. The van der Waals surface area contributed by atoms with Crippen LogP contribution in [0.2, 0.25) is 0 Å². The maximum absolute atomic E-state index is 11.7. The van der Waals surface area contributed by atoms with Gasteiger partial charge in [0.2, 0.25) is 0 Å². The summed E-state index contributed by atoms with van der Waals surface area (Å²) in [5, 5.41) is 14.6. The first-order valence-corrected chi connectivity index (χ1v) is 8.70. The number of carbonyl (C=O) groups is 2. The topological polar surface area (TPSA) is 95.5 Å². The molecule has 1 fully saturated rings. The molecular weight excluding hydrogens is 280 g/mol. The summed E-state index contributed by atoms with van der Waals surface area (Å²) >= 11 is 0. The fourth-order valence-electron chi connectivity index (χ4n) is 2.67. The minimum atomic E-state index is -0.952. The molecule has 0 saturated heterocycles. The van der Waals surface area contributed by atoms with E-state index >= 15 is 0 Å². The Labute approximate surface area is 122 Å². The molecule has 0 aliphatic heterocycles. The molecule has 4 atom stereocenters. The lowest BCUT2D eigenvalue weighted by Crippen LogP contribution is -2.46. The first-order chi connectivity index (χ1) is 9.40. The van der Waals surface area contributed by atoms with Gasteiger partial charge in [-0.15, -0.1) is 0 Å². The Bertz CT molecular complexity index is 375. The molecule has 4 unspecified atom stereocenters. The molecule has 0 spiro atoms. The van der Waals surface area contributed by atoms with Crippen molar-refractivity contribution < 1.29 is 18.9 Å². The molecule has 2 amide bonds. The normalized spacial score (nSPS) is 25.5. The van der Waals surface area contributed by atoms with Crippen LogP contribution in [0.4, 0.5) is 4.79 Å². The van der Waals surface area contributed by atoms with Crippen LogP contribution in [0.15, 0.2) is 0 Å². The van der Waals surface area contributed by atoms with Crippen molar-refractivity contribution in [1.82, 2.24) is 10.6 Å². The Balaban J connectivity index is 2.35. The molecule has 20 heavy (non-hydrogen) atoms. The SMILES string of the molecule is CC(CS(C)=O)NC(=O)NCC1CCCCC1C(=O)O. The highest BCUT2D eigenvalue weighted by atomic mass is 32.2. The zero-order chi connectivity index (χ0) is 15.1. The summed E-state index contributed by atoms with van der Waals surface area (Å²) in [6, 6.07) is -0.486. The Hall–Kier alpha value is -1.11. The Morgan fingerprint density at radius 1 is 1.35 bits per heavy atom. The molecular formula is C13H24N2O4S. The standard InChI is InChI=1S/C13H24N2O4S/c1-9(8-20(2)19)15-13(18)14-7-10-5-3-4-6-11(10)12(16)17/h9-11H,3-8H2,1-2H3,(H,16,17)(H2,14,15,18). The van der Waals surface area contributed by atoms with E-state index in [0.29, 0.717) is 18.7 Å². The molecule has 0 radical (unpaired) electrons. The molecule has 1 aliphatic carbocycles. The molecule has 1 rings (SSSR count). The quantitative estimate of drug-likeness (QED) is 0.680. The van der Waals surface area contributed by atoms with Crippen molar-refractivity contribution in [3.8, 4) is 0 Å². The number of amides is 2. The molecule has 7 heteroatoms. The largest absolute Gasteiger partial charge is 0.481 e. The summed E-state index contributed by atoms with van der Waals surface area (Å²) in [6.45, 7) is 2.17. The molecule has 0 heterocycles. The molecule has 6 nitrogen and oxygen atoms in total. The molecule has 3 N–H and O–H groups in total. The summed E-state index contributed by atoms with van der Waals surface area (Å²) in [4.78, 5) is 22.8. The van der Waals surface area contributed by atoms with E-state index in [0.717, 1.165) is 19.3 Å². The minimum Gasteiger partial charge on any atom is -0.481 e. The predicted molar refractivity (Wildman–Crippen MR) is 78.0 cm³/mol. The smallest absolute Gasteiger partial charge is 0.315 e. The van der Waals surface area contributed by atoms with Gasteiger partial charge in [-0.2, -0.15) is 0 Å². The second-order valence-corrected chi connectivity index (χ2v) is 6.96. The highest BCUT2D eigenvalue weighted by molar-refractivity contribution is 7.84. The van der Waals surface area contributed by atoms with Gasteiger partial charge in [0.05, 0.1) is 5.92 Å². The Morgan fingerprint density at radius 2 is 2.00 bits per heavy atom. The van der Waals surface area contributed by atoms with Crippen molar-refractivity contribution in [1.29, 1.82) is 0 Å². The molecule has 1 aliphatic rings. The monoisotopic (exact) mass is 304 g/mol. The van der Waals surface area contributed by atoms with Gasteiger partial charge in [-0.25, -0.2) is 4.79 Å². The van der Waals surface area contributed by atoms with E-state index in [1.165, 1.54) is 0 Å². The number of urea groups is 1. The van der Waals surface area contributed by atoms with Gasteiger partial charge in [-0.3, -0.25) is 9.00 Å². The van der Waals surface area contributed by atoms with E-state index in [4.69, 9.17) is 5.11 Å². The zero-order valence-electron chi connectivity index (χ0n) is 12.1. The van der Waals surface area contributed by atoms with E-state index in [1.807, 2.05) is 0 Å². The number of hydrogen-bond donors (Lipinski definition) is 3. The van der Waals surface area contributed by atoms with Gasteiger partial charge in [-0.1, -0.05) is 12.8 Å². The number of aliphatic carboxylic acids is 1. The van der Waals surface area contributed by atoms with Gasteiger partial charge >= 0.3 is 12.0 Å². The van der Waals surface area contributed by atoms with Crippen molar-refractivity contribution in [3.05, 3.63) is 0 Å². The fourth-order valence-corrected chi connectivity index (χ4v) is 3.46. The molecule has 1 saturated carbocycles. The number of carboxylic acid groups (broad SMARTS) is 1. The lowest BCUT2D eigenvalue weighted by molar-refractivity contribution is -0.144. The van der Waals surface area contributed by atoms with E-state index in [1.54, 1.807) is 13.2 Å². The van der Waals surface area contributed by atoms with Gasteiger partial charge in [0.1, 0.15) is 0 Å². The van der Waals surface area contributed by atoms with E-state index in [9.17, 15) is 13.8 Å². The van der Waals surface area contributed by atoms with Crippen LogP contribution < -0.4 is 10.6 Å². The maximum atomic E-state index is 11.7. The zero-order valence-corrected chi connectivity index (χ0v) is 12.9. The lowest BCUT2D eigenvalue weighted by atomic mass is 9.79. The number of carbonyl (C=O) groups excluding carboxylic acids is 1. The van der Waals surface area contributed by atoms with Crippen LogP contribution in [0.1, 0.15) is 32.6 Å². The van der Waals surface area contributed by atoms with Crippen LogP contribution in [-0.2, 0) is 15.6 Å². The van der Waals surface area contributed by atoms with E-state index in [2.05, 4.69) is 10.6 Å². The molecule has 116 valence electrons. The van der Waals surface area contributed by atoms with Crippen molar-refractivity contribution in [3.63, 3.8) is 0 Å². The van der Waals surface area contributed by atoms with Crippen LogP contribution in [0.5, 0.6) is 0 Å². The number of rotatable bonds is 6. The summed E-state index contributed by atoms with van der Waals surface area (Å²) < 4.78 is 11.0. The molecule has 0 aromatic carbocycles. The number of nitrogens with one attached hydrogen (secondary N) is 2. The summed E-state index contributed by atoms with van der Waals surface area (Å²) in [7, 11) is -0.952. The van der Waals surface area contributed by atoms with Crippen molar-refractivity contribution >= 4 is 22.8 Å². The number of hydrogen-bond acceptors (Lipinski definition) is 3. The van der Waals surface area contributed by atoms with Crippen LogP contribution in [0.25, 0.3) is 0 Å². The average Bonchev–Trinajstić information content (AvgIpc) is 2.35. The maximum Gasteiger partial charge on any atom is 0.315 e. The first kappa shape index (κ1) is 16.9. The minimum absolute atomic E-state index is 0.00242. The highest BCUT2D eigenvalue weighted by Crippen LogP contribution is 2.29. The van der Waals surface area contributed by atoms with Crippen molar-refractivity contribution in [2.45, 2.75) is 38.6 Å². The Morgan fingerprint density at radius 3 is 2.60 bits per heavy atom. The van der Waals surface area contributed by atoms with Gasteiger partial charge in [0, 0.05) is 35.4 Å². The van der Waals surface area contributed by atoms with Crippen LogP contribution in [0.3, 0.4) is 0 Å². The lowest BCUT2D eigenvalue weighted by Gasteiger charge is -2.28. The Kier molecular flexibility index (Phi) is 6.98. The van der Waals surface area contributed by atoms with Gasteiger partial charge in [-0.05, 0) is 25.7 Å². The molecule has 0 bridgehead atoms. The summed E-state index contributed by atoms with van der Waals surface area (Å²) in [5.41, 5.74) is 0. The van der Waals surface area contributed by atoms with Gasteiger partial charge in [0.15, 0.2) is 0 Å². The molecule has 0 aromatic heterocycles. The van der Waals surface area contributed by atoms with Crippen LogP contribution in [-0.4, -0.2) is 45.9 Å². The second kappa shape index (κ2) is 8.24. The molecule has 0 aromatic rings. The average molecular weight is 304 g/mol. The van der Waals surface area contributed by atoms with Crippen molar-refractivity contribution in [2.24, 2.45) is 11.8 Å². The van der Waals surface area contributed by atoms with E-state index in [-0.39, 0.29) is 23.9 Å². The van der Waals surface area contributed by atoms with E-state index < -0.39 is 16.8 Å². The summed E-state index contributed by atoms with van der Waals surface area (Å²) in [5.74, 6) is -0.715. The third kappa shape index (κ3) is 5.90. The van der Waals surface area contributed by atoms with Crippen LogP contribution in [0, 0.1) is 11.8 Å². The third-order valence-corrected chi connectivity index (χ3v) is 4.58. The van der Waals surface area contributed by atoms with Gasteiger partial charge < -0.3 is 15.7 Å². The highest BCUT2D eigenvalue weighted by Gasteiger charge is 2.30. The van der Waals surface area contributed by atoms with Gasteiger partial charge in [0.25, 0.3) is 0 Å². The fraction of sp³-hybridized carbons (Fsp3) is 0.846. The van der Waals surface area contributed by atoms with Crippen LogP contribution >= 0.6 is 0 Å². The predicted octanol–water partition coefficient (Wildman–Crippen LogP) is 0.944. The summed E-state index contributed by atoms with van der Waals surface area (Å²) in [6.07, 6.45) is 5.08. The third-order valence-electron chi connectivity index (χ3n) is 3.61. The number of carboxylic acids is 1. The van der Waals surface area contributed by atoms with Crippen molar-refractivity contribution in [2.75, 3.05) is 18.6 Å².